The quantitative estimate of drug-likeness (QED) is 0.306. The predicted molar refractivity (Wildman–Crippen MR) is 127 cm³/mol. The molecule has 1 unspecified atom stereocenters. The second-order valence-electron chi connectivity index (χ2n) is 8.07. The molecule has 6 nitrogen and oxygen atoms in total. The molecular weight excluding hydrogens is 449 g/mol. The molecule has 3 aromatic rings. The van der Waals surface area contributed by atoms with Crippen LogP contribution in [0.3, 0.4) is 0 Å². The normalized spacial score (nSPS) is 18.3. The number of carbonyl (C=O) groups is 2. The number of benzene rings is 2. The van der Waals surface area contributed by atoms with E-state index in [1.165, 1.54) is 6.07 Å². The summed E-state index contributed by atoms with van der Waals surface area (Å²) in [6, 6.07) is 11.6. The Hall–Kier alpha value is -2.80. The third-order valence-electron chi connectivity index (χ3n) is 5.65. The number of carbonyl (C=O) groups excluding carboxylic acids is 2. The Morgan fingerprint density at radius 2 is 1.88 bits per heavy atom. The van der Waals surface area contributed by atoms with Crippen molar-refractivity contribution in [2.24, 2.45) is 0 Å². The summed E-state index contributed by atoms with van der Waals surface area (Å²) in [5, 5.41) is 12.6. The average Bonchev–Trinajstić information content (AvgIpc) is 3.29. The molecule has 2 N–H and O–H groups in total. The van der Waals surface area contributed by atoms with Crippen LogP contribution in [0.15, 0.2) is 54.2 Å². The molecule has 1 aliphatic heterocycles. The number of H-pyrrole nitrogens is 1. The molecule has 1 aliphatic rings. The van der Waals surface area contributed by atoms with Gasteiger partial charge in [0.2, 0.25) is 0 Å². The van der Waals surface area contributed by atoms with Gasteiger partial charge in [-0.15, -0.1) is 0 Å². The van der Waals surface area contributed by atoms with Crippen molar-refractivity contribution < 1.29 is 14.7 Å². The standard InChI is InChI=1S/C24H23Cl2N3O3/c1-28(2)10-5-11-29-21(16-13-27-19-7-4-3-6-15(16)19)20(23(31)24(29)32)22(30)14-8-9-17(25)18(26)12-14/h3-4,6-9,12-13,21,27,30H,5,10-11H2,1-2H3/b22-20+. The number of hydrogen-bond donors (Lipinski definition) is 2. The van der Waals surface area contributed by atoms with E-state index in [1.807, 2.05) is 43.3 Å². The van der Waals surface area contributed by atoms with Crippen LogP contribution >= 0.6 is 23.2 Å². The lowest BCUT2D eigenvalue weighted by atomic mass is 9.95. The molecule has 0 radical (unpaired) electrons. The Kier molecular flexibility index (Phi) is 6.29. The van der Waals surface area contributed by atoms with Crippen molar-refractivity contribution in [1.29, 1.82) is 0 Å². The van der Waals surface area contributed by atoms with Crippen molar-refractivity contribution in [1.82, 2.24) is 14.8 Å². The molecular formula is C24H23Cl2N3O3. The van der Waals surface area contributed by atoms with E-state index in [0.717, 1.165) is 23.0 Å². The maximum atomic E-state index is 13.1. The first-order chi connectivity index (χ1) is 15.3. The summed E-state index contributed by atoms with van der Waals surface area (Å²) in [4.78, 5) is 33.0. The molecule has 2 aromatic carbocycles. The molecule has 1 fully saturated rings. The highest BCUT2D eigenvalue weighted by Crippen LogP contribution is 2.42. The van der Waals surface area contributed by atoms with E-state index < -0.39 is 17.7 Å². The van der Waals surface area contributed by atoms with Crippen LogP contribution in [-0.2, 0) is 9.59 Å². The molecule has 1 aromatic heterocycles. The monoisotopic (exact) mass is 471 g/mol. The molecule has 8 heteroatoms. The summed E-state index contributed by atoms with van der Waals surface area (Å²) in [6.07, 6.45) is 2.48. The Balaban J connectivity index is 1.87. The van der Waals surface area contributed by atoms with Gasteiger partial charge in [-0.1, -0.05) is 41.4 Å². The first-order valence-electron chi connectivity index (χ1n) is 10.2. The Morgan fingerprint density at radius 3 is 2.59 bits per heavy atom. The molecule has 0 bridgehead atoms. The molecule has 0 spiro atoms. The lowest BCUT2D eigenvalue weighted by Crippen LogP contribution is -2.32. The number of likely N-dealkylation sites (tertiary alicyclic amines) is 1. The second kappa shape index (κ2) is 8.98. The Labute approximate surface area is 196 Å². The third kappa shape index (κ3) is 4.01. The Morgan fingerprint density at radius 1 is 1.12 bits per heavy atom. The fraction of sp³-hybridized carbons (Fsp3) is 0.250. The summed E-state index contributed by atoms with van der Waals surface area (Å²) < 4.78 is 0. The maximum absolute atomic E-state index is 13.1. The van der Waals surface area contributed by atoms with Gasteiger partial charge >= 0.3 is 0 Å². The minimum atomic E-state index is -0.720. The van der Waals surface area contributed by atoms with Gasteiger partial charge in [0.25, 0.3) is 11.7 Å². The van der Waals surface area contributed by atoms with Crippen molar-refractivity contribution in [3.05, 3.63) is 75.4 Å². The molecule has 2 heterocycles. The molecule has 0 saturated carbocycles. The number of nitrogens with one attached hydrogen (secondary N) is 1. The molecule has 0 aliphatic carbocycles. The topological polar surface area (TPSA) is 76.6 Å². The first kappa shape index (κ1) is 22.4. The van der Waals surface area contributed by atoms with Crippen molar-refractivity contribution >= 4 is 51.6 Å². The zero-order valence-electron chi connectivity index (χ0n) is 17.7. The smallest absolute Gasteiger partial charge is 0.295 e. The largest absolute Gasteiger partial charge is 0.507 e. The number of ketones is 1. The van der Waals surface area contributed by atoms with Crippen molar-refractivity contribution in [2.45, 2.75) is 12.5 Å². The summed E-state index contributed by atoms with van der Waals surface area (Å²) in [7, 11) is 3.91. The van der Waals surface area contributed by atoms with Crippen LogP contribution in [0.2, 0.25) is 10.0 Å². The number of nitrogens with zero attached hydrogens (tertiary/aromatic N) is 2. The number of amides is 1. The average molecular weight is 472 g/mol. The molecule has 1 saturated heterocycles. The number of aromatic nitrogens is 1. The minimum absolute atomic E-state index is 0.0444. The number of para-hydroxylation sites is 1. The van der Waals surface area contributed by atoms with Crippen LogP contribution in [0.5, 0.6) is 0 Å². The van der Waals surface area contributed by atoms with Crippen LogP contribution in [-0.4, -0.2) is 58.8 Å². The van der Waals surface area contributed by atoms with E-state index in [1.54, 1.807) is 23.2 Å². The van der Waals surface area contributed by atoms with Crippen LogP contribution < -0.4 is 0 Å². The fourth-order valence-electron chi connectivity index (χ4n) is 4.11. The SMILES string of the molecule is CN(C)CCCN1C(=O)C(=O)/C(=C(/O)c2ccc(Cl)c(Cl)c2)C1c1c[nH]c2ccccc12. The zero-order chi connectivity index (χ0) is 23.0. The van der Waals surface area contributed by atoms with Gasteiger partial charge in [-0.2, -0.15) is 0 Å². The summed E-state index contributed by atoms with van der Waals surface area (Å²) in [5.41, 5.74) is 2.01. The number of rotatable bonds is 6. The second-order valence-corrected chi connectivity index (χ2v) is 8.88. The molecule has 4 rings (SSSR count). The van der Waals surface area contributed by atoms with E-state index >= 15 is 0 Å². The lowest BCUT2D eigenvalue weighted by molar-refractivity contribution is -0.139. The highest BCUT2D eigenvalue weighted by molar-refractivity contribution is 6.47. The van der Waals surface area contributed by atoms with E-state index in [4.69, 9.17) is 23.2 Å². The van der Waals surface area contributed by atoms with Crippen LogP contribution in [0, 0.1) is 0 Å². The molecule has 1 atom stereocenters. The van der Waals surface area contributed by atoms with Crippen molar-refractivity contribution in [2.75, 3.05) is 27.2 Å². The maximum Gasteiger partial charge on any atom is 0.295 e. The Bertz CT molecular complexity index is 1230. The van der Waals surface area contributed by atoms with E-state index in [2.05, 4.69) is 4.98 Å². The van der Waals surface area contributed by atoms with Gasteiger partial charge in [0.15, 0.2) is 0 Å². The number of Topliss-reactive ketones (excluding diaryl/α,β-unsaturated/α-hetero) is 1. The summed E-state index contributed by atoms with van der Waals surface area (Å²) in [6.45, 7) is 1.14. The van der Waals surface area contributed by atoms with Gasteiger partial charge in [-0.25, -0.2) is 0 Å². The lowest BCUT2D eigenvalue weighted by Gasteiger charge is -2.25. The van der Waals surface area contributed by atoms with Gasteiger partial charge in [0.05, 0.1) is 21.7 Å². The zero-order valence-corrected chi connectivity index (χ0v) is 19.2. The molecule has 1 amide bonds. The molecule has 166 valence electrons. The van der Waals surface area contributed by atoms with Gasteiger partial charge in [0.1, 0.15) is 5.76 Å². The van der Waals surface area contributed by atoms with Gasteiger partial charge in [-0.3, -0.25) is 9.59 Å². The third-order valence-corrected chi connectivity index (χ3v) is 6.39. The number of hydrogen-bond acceptors (Lipinski definition) is 4. The van der Waals surface area contributed by atoms with Crippen molar-refractivity contribution in [3.8, 4) is 0 Å². The molecule has 32 heavy (non-hydrogen) atoms. The minimum Gasteiger partial charge on any atom is -0.507 e. The number of aliphatic hydroxyl groups excluding tert-OH is 1. The highest BCUT2D eigenvalue weighted by atomic mass is 35.5. The summed E-state index contributed by atoms with van der Waals surface area (Å²) in [5.74, 6) is -1.61. The van der Waals surface area contributed by atoms with E-state index in [9.17, 15) is 14.7 Å². The number of aromatic amines is 1. The number of fused-ring (bicyclic) bond motifs is 1. The van der Waals surface area contributed by atoms with E-state index in [0.29, 0.717) is 23.6 Å². The van der Waals surface area contributed by atoms with Crippen molar-refractivity contribution in [3.63, 3.8) is 0 Å². The van der Waals surface area contributed by atoms with Gasteiger partial charge in [0, 0.05) is 34.8 Å². The van der Waals surface area contributed by atoms with E-state index in [-0.39, 0.29) is 16.4 Å². The number of halogens is 2. The van der Waals surface area contributed by atoms with Gasteiger partial charge in [-0.05, 0) is 51.3 Å². The van der Waals surface area contributed by atoms with Crippen LogP contribution in [0.25, 0.3) is 16.7 Å². The first-order valence-corrected chi connectivity index (χ1v) is 11.0. The van der Waals surface area contributed by atoms with Crippen LogP contribution in [0.4, 0.5) is 0 Å². The summed E-state index contributed by atoms with van der Waals surface area (Å²) >= 11 is 12.1. The highest BCUT2D eigenvalue weighted by Gasteiger charge is 2.46. The van der Waals surface area contributed by atoms with Crippen LogP contribution in [0.1, 0.15) is 23.6 Å². The predicted octanol–water partition coefficient (Wildman–Crippen LogP) is 4.85. The number of aliphatic hydroxyl groups is 1. The van der Waals surface area contributed by atoms with Gasteiger partial charge < -0.3 is 19.9 Å². The fourth-order valence-corrected chi connectivity index (χ4v) is 4.41.